The molecular weight excluding hydrogens is 244 g/mol. The van der Waals surface area contributed by atoms with Crippen molar-refractivity contribution in [3.8, 4) is 5.75 Å². The van der Waals surface area contributed by atoms with Crippen molar-refractivity contribution in [1.82, 2.24) is 4.90 Å². The van der Waals surface area contributed by atoms with Crippen LogP contribution in [0.15, 0.2) is 29.4 Å². The number of carbonyl (C=O) groups excluding carboxylic acids is 1. The van der Waals surface area contributed by atoms with Crippen LogP contribution in [0.2, 0.25) is 0 Å². The van der Waals surface area contributed by atoms with E-state index in [9.17, 15) is 9.90 Å². The molecule has 5 heteroatoms. The van der Waals surface area contributed by atoms with Crippen molar-refractivity contribution < 1.29 is 15.1 Å². The van der Waals surface area contributed by atoms with Crippen molar-refractivity contribution in [2.24, 2.45) is 11.1 Å². The molecule has 0 radical (unpaired) electrons. The Morgan fingerprint density at radius 3 is 2.84 bits per heavy atom. The number of hydrogen-bond acceptors (Lipinski definition) is 4. The van der Waals surface area contributed by atoms with E-state index in [-0.39, 0.29) is 17.6 Å². The number of piperidine rings is 1. The smallest absolute Gasteiger partial charge is 0.257 e. The lowest BCUT2D eigenvalue weighted by Gasteiger charge is -2.33. The van der Waals surface area contributed by atoms with E-state index in [1.807, 2.05) is 6.92 Å². The maximum atomic E-state index is 12.3. The molecule has 1 aliphatic heterocycles. The summed E-state index contributed by atoms with van der Waals surface area (Å²) in [7, 11) is 0. The Kier molecular flexibility index (Phi) is 4.04. The van der Waals surface area contributed by atoms with Gasteiger partial charge < -0.3 is 15.2 Å². The molecule has 1 aromatic rings. The van der Waals surface area contributed by atoms with E-state index in [0.717, 1.165) is 12.1 Å². The fourth-order valence-electron chi connectivity index (χ4n) is 2.42. The van der Waals surface area contributed by atoms with Gasteiger partial charge in [-0.2, -0.15) is 0 Å². The molecule has 1 saturated heterocycles. The Morgan fingerprint density at radius 1 is 1.47 bits per heavy atom. The summed E-state index contributed by atoms with van der Waals surface area (Å²) in [5.41, 5.74) is 1.07. The highest BCUT2D eigenvalue weighted by molar-refractivity contribution is 5.98. The fourth-order valence-corrected chi connectivity index (χ4v) is 2.42. The first kappa shape index (κ1) is 13.4. The number of phenolic OH excluding ortho intramolecular Hbond substituents is 1. The highest BCUT2D eigenvalue weighted by Gasteiger charge is 2.29. The number of amides is 1. The van der Waals surface area contributed by atoms with E-state index in [2.05, 4.69) is 5.16 Å². The Hall–Kier alpha value is -2.04. The van der Waals surface area contributed by atoms with Gasteiger partial charge in [0.05, 0.1) is 11.3 Å². The molecule has 1 aromatic carbocycles. The maximum absolute atomic E-state index is 12.3. The minimum atomic E-state index is -0.173. The van der Waals surface area contributed by atoms with Crippen molar-refractivity contribution in [2.45, 2.75) is 19.8 Å². The Bertz CT molecular complexity index is 499. The SMILES string of the molecule is CCC1CN(C(=O)c2ccccc2O)CC/C1=N\O. The van der Waals surface area contributed by atoms with Gasteiger partial charge in [0.2, 0.25) is 0 Å². The van der Waals surface area contributed by atoms with Crippen molar-refractivity contribution in [3.05, 3.63) is 29.8 Å². The second-order valence-corrected chi connectivity index (χ2v) is 4.71. The third-order valence-electron chi connectivity index (χ3n) is 3.59. The Labute approximate surface area is 112 Å². The molecule has 2 N–H and O–H groups in total. The van der Waals surface area contributed by atoms with Gasteiger partial charge in [0.25, 0.3) is 5.91 Å². The van der Waals surface area contributed by atoms with E-state index in [0.29, 0.717) is 25.1 Å². The molecule has 1 amide bonds. The zero-order chi connectivity index (χ0) is 13.8. The molecule has 1 fully saturated rings. The molecule has 2 rings (SSSR count). The van der Waals surface area contributed by atoms with Gasteiger partial charge in [-0.25, -0.2) is 0 Å². The average Bonchev–Trinajstić information content (AvgIpc) is 2.46. The minimum Gasteiger partial charge on any atom is -0.507 e. The summed E-state index contributed by atoms with van der Waals surface area (Å²) in [5, 5.41) is 22.0. The number of carbonyl (C=O) groups is 1. The first-order valence-electron chi connectivity index (χ1n) is 6.45. The number of aromatic hydroxyl groups is 1. The molecule has 19 heavy (non-hydrogen) atoms. The standard InChI is InChI=1S/C14H18N2O3/c1-2-10-9-16(8-7-12(10)15-19)14(18)11-5-3-4-6-13(11)17/h3-6,10,17,19H,2,7-9H2,1H3/b15-12+. The van der Waals surface area contributed by atoms with Gasteiger partial charge in [-0.15, -0.1) is 0 Å². The highest BCUT2D eigenvalue weighted by atomic mass is 16.4. The van der Waals surface area contributed by atoms with Crippen molar-refractivity contribution in [2.75, 3.05) is 13.1 Å². The summed E-state index contributed by atoms with van der Waals surface area (Å²) >= 11 is 0. The van der Waals surface area contributed by atoms with E-state index >= 15 is 0 Å². The number of phenols is 1. The van der Waals surface area contributed by atoms with Crippen LogP contribution in [0, 0.1) is 5.92 Å². The van der Waals surface area contributed by atoms with Crippen LogP contribution in [0.3, 0.4) is 0 Å². The van der Waals surface area contributed by atoms with Crippen LogP contribution < -0.4 is 0 Å². The average molecular weight is 262 g/mol. The van der Waals surface area contributed by atoms with Gasteiger partial charge in [-0.1, -0.05) is 24.2 Å². The van der Waals surface area contributed by atoms with Gasteiger partial charge in [0.15, 0.2) is 0 Å². The number of rotatable bonds is 2. The Morgan fingerprint density at radius 2 is 2.21 bits per heavy atom. The minimum absolute atomic E-state index is 0.00201. The zero-order valence-electron chi connectivity index (χ0n) is 10.9. The number of likely N-dealkylation sites (tertiary alicyclic amines) is 1. The summed E-state index contributed by atoms with van der Waals surface area (Å²) in [6, 6.07) is 6.55. The number of nitrogens with zero attached hydrogens (tertiary/aromatic N) is 2. The van der Waals surface area contributed by atoms with Gasteiger partial charge in [-0.05, 0) is 18.6 Å². The van der Waals surface area contributed by atoms with Gasteiger partial charge in [0.1, 0.15) is 5.75 Å². The van der Waals surface area contributed by atoms with E-state index < -0.39 is 0 Å². The summed E-state index contributed by atoms with van der Waals surface area (Å²) in [6.07, 6.45) is 1.40. The molecule has 1 aliphatic rings. The number of benzene rings is 1. The molecule has 0 aromatic heterocycles. The van der Waals surface area contributed by atoms with Crippen LogP contribution in [0.4, 0.5) is 0 Å². The zero-order valence-corrected chi connectivity index (χ0v) is 10.9. The molecule has 0 bridgehead atoms. The summed E-state index contributed by atoms with van der Waals surface area (Å²) in [5.74, 6) is -0.0794. The molecule has 1 unspecified atom stereocenters. The van der Waals surface area contributed by atoms with Crippen LogP contribution in [-0.4, -0.2) is 39.9 Å². The summed E-state index contributed by atoms with van der Waals surface area (Å²) in [6.45, 7) is 3.05. The second-order valence-electron chi connectivity index (χ2n) is 4.71. The van der Waals surface area contributed by atoms with Crippen LogP contribution in [0.1, 0.15) is 30.1 Å². The van der Waals surface area contributed by atoms with Crippen LogP contribution in [0.5, 0.6) is 5.75 Å². The quantitative estimate of drug-likeness (QED) is 0.633. The molecule has 1 heterocycles. The summed E-state index contributed by atoms with van der Waals surface area (Å²) in [4.78, 5) is 14.0. The van der Waals surface area contributed by atoms with Gasteiger partial charge in [0, 0.05) is 25.4 Å². The largest absolute Gasteiger partial charge is 0.507 e. The number of oxime groups is 1. The number of para-hydroxylation sites is 1. The third kappa shape index (κ3) is 2.70. The van der Waals surface area contributed by atoms with Crippen molar-refractivity contribution in [1.29, 1.82) is 0 Å². The monoisotopic (exact) mass is 262 g/mol. The Balaban J connectivity index is 2.16. The van der Waals surface area contributed by atoms with Crippen LogP contribution in [0.25, 0.3) is 0 Å². The van der Waals surface area contributed by atoms with E-state index in [1.165, 1.54) is 6.07 Å². The van der Waals surface area contributed by atoms with Gasteiger partial charge in [-0.3, -0.25) is 4.79 Å². The first-order chi connectivity index (χ1) is 9.17. The lowest BCUT2D eigenvalue weighted by molar-refractivity contribution is 0.0726. The highest BCUT2D eigenvalue weighted by Crippen LogP contribution is 2.23. The van der Waals surface area contributed by atoms with Crippen LogP contribution >= 0.6 is 0 Å². The molecule has 0 saturated carbocycles. The van der Waals surface area contributed by atoms with Crippen molar-refractivity contribution in [3.63, 3.8) is 0 Å². The summed E-state index contributed by atoms with van der Waals surface area (Å²) < 4.78 is 0. The van der Waals surface area contributed by atoms with E-state index in [4.69, 9.17) is 5.21 Å². The predicted octanol–water partition coefficient (Wildman–Crippen LogP) is 2.09. The normalized spacial score (nSPS) is 21.6. The molecule has 102 valence electrons. The predicted molar refractivity (Wildman–Crippen MR) is 71.6 cm³/mol. The van der Waals surface area contributed by atoms with Crippen molar-refractivity contribution >= 4 is 11.6 Å². The lowest BCUT2D eigenvalue weighted by atomic mass is 9.93. The molecule has 5 nitrogen and oxygen atoms in total. The van der Waals surface area contributed by atoms with Gasteiger partial charge >= 0.3 is 0 Å². The molecule has 0 spiro atoms. The maximum Gasteiger partial charge on any atom is 0.257 e. The number of hydrogen-bond donors (Lipinski definition) is 2. The molecule has 1 atom stereocenters. The fraction of sp³-hybridized carbons (Fsp3) is 0.429. The topological polar surface area (TPSA) is 73.1 Å². The second kappa shape index (κ2) is 5.73. The first-order valence-corrected chi connectivity index (χ1v) is 6.45. The third-order valence-corrected chi connectivity index (χ3v) is 3.59. The molecular formula is C14H18N2O3. The molecule has 0 aliphatic carbocycles. The van der Waals surface area contributed by atoms with E-state index in [1.54, 1.807) is 23.1 Å². The lowest BCUT2D eigenvalue weighted by Crippen LogP contribution is -2.44. The van der Waals surface area contributed by atoms with Crippen LogP contribution in [-0.2, 0) is 0 Å².